The molecular formula is C21H26N4O2. The molecule has 0 bridgehead atoms. The Morgan fingerprint density at radius 1 is 1.22 bits per heavy atom. The summed E-state index contributed by atoms with van der Waals surface area (Å²) in [5.74, 6) is 0.318. The van der Waals surface area contributed by atoms with E-state index in [-0.39, 0.29) is 23.3 Å². The SMILES string of the molecule is CC(=O)N[C@@]12CCN(Cc3cccc4cccnc34)C[C@@H]1CN(C(C)=O)C2. The van der Waals surface area contributed by atoms with Crippen molar-refractivity contribution in [1.29, 1.82) is 0 Å². The number of piperidine rings is 1. The van der Waals surface area contributed by atoms with Gasteiger partial charge in [0.2, 0.25) is 11.8 Å². The van der Waals surface area contributed by atoms with E-state index in [4.69, 9.17) is 0 Å². The summed E-state index contributed by atoms with van der Waals surface area (Å²) in [5.41, 5.74) is 1.99. The summed E-state index contributed by atoms with van der Waals surface area (Å²) in [7, 11) is 0. The Hall–Kier alpha value is -2.47. The van der Waals surface area contributed by atoms with Gasteiger partial charge in [-0.05, 0) is 18.1 Å². The van der Waals surface area contributed by atoms with E-state index in [1.807, 2.05) is 17.2 Å². The van der Waals surface area contributed by atoms with Gasteiger partial charge in [0.25, 0.3) is 0 Å². The lowest BCUT2D eigenvalue weighted by molar-refractivity contribution is -0.128. The van der Waals surface area contributed by atoms with E-state index in [0.717, 1.165) is 37.0 Å². The van der Waals surface area contributed by atoms with Gasteiger partial charge in [-0.3, -0.25) is 19.5 Å². The largest absolute Gasteiger partial charge is 0.349 e. The second-order valence-electron chi connectivity index (χ2n) is 7.91. The molecule has 2 aliphatic heterocycles. The second kappa shape index (κ2) is 6.93. The highest BCUT2D eigenvalue weighted by atomic mass is 16.2. The number of benzene rings is 1. The zero-order valence-corrected chi connectivity index (χ0v) is 15.9. The van der Waals surface area contributed by atoms with E-state index in [0.29, 0.717) is 13.1 Å². The van der Waals surface area contributed by atoms with Crippen molar-refractivity contribution in [3.63, 3.8) is 0 Å². The van der Waals surface area contributed by atoms with Crippen molar-refractivity contribution in [2.75, 3.05) is 26.2 Å². The summed E-state index contributed by atoms with van der Waals surface area (Å²) in [5, 5.41) is 4.34. The molecule has 1 aromatic carbocycles. The minimum Gasteiger partial charge on any atom is -0.349 e. The molecule has 1 aromatic heterocycles. The Bertz CT molecular complexity index is 878. The normalized spacial score (nSPS) is 25.4. The number of carbonyl (C=O) groups excluding carboxylic acids is 2. The fourth-order valence-electron chi connectivity index (χ4n) is 4.73. The maximum atomic E-state index is 11.9. The van der Waals surface area contributed by atoms with Gasteiger partial charge in [0.05, 0.1) is 11.1 Å². The smallest absolute Gasteiger partial charge is 0.219 e. The molecule has 2 fully saturated rings. The number of hydrogen-bond donors (Lipinski definition) is 1. The first-order valence-electron chi connectivity index (χ1n) is 9.56. The number of pyridine rings is 1. The summed E-state index contributed by atoms with van der Waals surface area (Å²) < 4.78 is 0. The molecule has 142 valence electrons. The van der Waals surface area contributed by atoms with Crippen LogP contribution in [-0.4, -0.2) is 58.3 Å². The summed E-state index contributed by atoms with van der Waals surface area (Å²) in [6.45, 7) is 7.10. The number of fused-ring (bicyclic) bond motifs is 2. The lowest BCUT2D eigenvalue weighted by atomic mass is 9.80. The van der Waals surface area contributed by atoms with Gasteiger partial charge in [-0.2, -0.15) is 0 Å². The molecule has 3 heterocycles. The molecule has 2 saturated heterocycles. The predicted octanol–water partition coefficient (Wildman–Crippen LogP) is 1.79. The maximum Gasteiger partial charge on any atom is 0.219 e. The topological polar surface area (TPSA) is 65.5 Å². The van der Waals surface area contributed by atoms with Crippen LogP contribution in [0.25, 0.3) is 10.9 Å². The van der Waals surface area contributed by atoms with Crippen LogP contribution in [0.15, 0.2) is 36.5 Å². The quantitative estimate of drug-likeness (QED) is 0.900. The van der Waals surface area contributed by atoms with E-state index in [1.54, 1.807) is 13.8 Å². The Kier molecular flexibility index (Phi) is 4.60. The Morgan fingerprint density at radius 3 is 2.81 bits per heavy atom. The molecule has 27 heavy (non-hydrogen) atoms. The molecule has 1 N–H and O–H groups in total. The van der Waals surface area contributed by atoms with Gasteiger partial charge in [0.15, 0.2) is 0 Å². The van der Waals surface area contributed by atoms with Gasteiger partial charge in [-0.25, -0.2) is 0 Å². The molecular weight excluding hydrogens is 340 g/mol. The van der Waals surface area contributed by atoms with Gasteiger partial charge >= 0.3 is 0 Å². The van der Waals surface area contributed by atoms with Crippen molar-refractivity contribution >= 4 is 22.7 Å². The number of para-hydroxylation sites is 1. The van der Waals surface area contributed by atoms with Crippen molar-refractivity contribution < 1.29 is 9.59 Å². The number of aromatic nitrogens is 1. The third kappa shape index (κ3) is 3.41. The molecule has 0 spiro atoms. The number of rotatable bonds is 3. The molecule has 2 amide bonds. The summed E-state index contributed by atoms with van der Waals surface area (Å²) in [6.07, 6.45) is 2.70. The van der Waals surface area contributed by atoms with Crippen LogP contribution >= 0.6 is 0 Å². The van der Waals surface area contributed by atoms with Crippen molar-refractivity contribution in [3.05, 3.63) is 42.1 Å². The van der Waals surface area contributed by atoms with Crippen molar-refractivity contribution in [1.82, 2.24) is 20.1 Å². The molecule has 0 radical (unpaired) electrons. The Balaban J connectivity index is 1.54. The summed E-state index contributed by atoms with van der Waals surface area (Å²) >= 11 is 0. The van der Waals surface area contributed by atoms with Gasteiger partial charge in [0, 0.05) is 64.1 Å². The standard InChI is InChI=1S/C21H26N4O2/c1-15(26)23-21-8-10-24(12-19(21)13-25(14-21)16(2)27)11-18-6-3-5-17-7-4-9-22-20(17)18/h3-7,9,19H,8,10-14H2,1-2H3,(H,23,26)/t19-,21-/m1/s1. The van der Waals surface area contributed by atoms with Gasteiger partial charge < -0.3 is 10.2 Å². The zero-order chi connectivity index (χ0) is 19.0. The van der Waals surface area contributed by atoms with Gasteiger partial charge in [-0.1, -0.05) is 24.3 Å². The van der Waals surface area contributed by atoms with Crippen molar-refractivity contribution in [2.45, 2.75) is 32.4 Å². The van der Waals surface area contributed by atoms with Gasteiger partial charge in [0.1, 0.15) is 0 Å². The van der Waals surface area contributed by atoms with E-state index < -0.39 is 0 Å². The molecule has 2 atom stereocenters. The molecule has 6 nitrogen and oxygen atoms in total. The van der Waals surface area contributed by atoms with Crippen LogP contribution in [0.2, 0.25) is 0 Å². The minimum absolute atomic E-state index is 0.0166. The monoisotopic (exact) mass is 366 g/mol. The molecule has 0 unspecified atom stereocenters. The van der Waals surface area contributed by atoms with Crippen molar-refractivity contribution in [3.8, 4) is 0 Å². The highest BCUT2D eigenvalue weighted by Gasteiger charge is 2.50. The second-order valence-corrected chi connectivity index (χ2v) is 7.91. The highest BCUT2D eigenvalue weighted by Crippen LogP contribution is 2.36. The average molecular weight is 366 g/mol. The van der Waals surface area contributed by atoms with Crippen molar-refractivity contribution in [2.24, 2.45) is 5.92 Å². The fraction of sp³-hybridized carbons (Fsp3) is 0.476. The van der Waals surface area contributed by atoms with Crippen LogP contribution in [0.5, 0.6) is 0 Å². The van der Waals surface area contributed by atoms with Crippen LogP contribution in [0.1, 0.15) is 25.8 Å². The zero-order valence-electron chi connectivity index (χ0n) is 15.9. The average Bonchev–Trinajstić information content (AvgIpc) is 3.00. The first kappa shape index (κ1) is 17.9. The van der Waals surface area contributed by atoms with Crippen LogP contribution in [0.4, 0.5) is 0 Å². The minimum atomic E-state index is -0.287. The number of likely N-dealkylation sites (tertiary alicyclic amines) is 2. The van der Waals surface area contributed by atoms with E-state index in [1.165, 1.54) is 5.56 Å². The predicted molar refractivity (Wildman–Crippen MR) is 104 cm³/mol. The molecule has 0 aliphatic carbocycles. The Morgan fingerprint density at radius 2 is 2.04 bits per heavy atom. The van der Waals surface area contributed by atoms with Gasteiger partial charge in [-0.15, -0.1) is 0 Å². The maximum absolute atomic E-state index is 11.9. The molecule has 2 aliphatic rings. The highest BCUT2D eigenvalue weighted by molar-refractivity contribution is 5.81. The number of amides is 2. The van der Waals surface area contributed by atoms with Crippen LogP contribution in [0.3, 0.4) is 0 Å². The first-order valence-corrected chi connectivity index (χ1v) is 9.56. The first-order chi connectivity index (χ1) is 13.0. The summed E-state index contributed by atoms with van der Waals surface area (Å²) in [6, 6.07) is 10.4. The van der Waals surface area contributed by atoms with E-state index in [9.17, 15) is 9.59 Å². The number of carbonyl (C=O) groups is 2. The van der Waals surface area contributed by atoms with E-state index >= 15 is 0 Å². The molecule has 6 heteroatoms. The lowest BCUT2D eigenvalue weighted by Crippen LogP contribution is -2.60. The van der Waals surface area contributed by atoms with Crippen LogP contribution in [0, 0.1) is 5.92 Å². The number of nitrogens with zero attached hydrogens (tertiary/aromatic N) is 3. The number of nitrogens with one attached hydrogen (secondary N) is 1. The molecule has 0 saturated carbocycles. The van der Waals surface area contributed by atoms with E-state index in [2.05, 4.69) is 39.5 Å². The van der Waals surface area contributed by atoms with Crippen LogP contribution < -0.4 is 5.32 Å². The molecule has 2 aromatic rings. The Labute approximate surface area is 159 Å². The third-order valence-electron chi connectivity index (χ3n) is 6.03. The number of hydrogen-bond acceptors (Lipinski definition) is 4. The van der Waals surface area contributed by atoms with Crippen LogP contribution in [-0.2, 0) is 16.1 Å². The summed E-state index contributed by atoms with van der Waals surface area (Å²) in [4.78, 5) is 32.6. The third-order valence-corrected chi connectivity index (χ3v) is 6.03. The molecule has 4 rings (SSSR count). The lowest BCUT2D eigenvalue weighted by Gasteiger charge is -2.43. The fourth-order valence-corrected chi connectivity index (χ4v) is 4.73.